The summed E-state index contributed by atoms with van der Waals surface area (Å²) in [6, 6.07) is 0. The predicted octanol–water partition coefficient (Wildman–Crippen LogP) is -0.816. The van der Waals surface area contributed by atoms with E-state index in [-0.39, 0.29) is 12.4 Å². The Kier molecular flexibility index (Phi) is 4.02. The minimum atomic E-state index is -3.47. The Balaban J connectivity index is 3.49. The highest BCUT2D eigenvalue weighted by molar-refractivity contribution is 7.86. The lowest BCUT2D eigenvalue weighted by Gasteiger charge is -1.96. The zero-order valence-electron chi connectivity index (χ0n) is 5.31. The highest BCUT2D eigenvalue weighted by Crippen LogP contribution is 1.86. The summed E-state index contributed by atoms with van der Waals surface area (Å²) in [7, 11) is -3.47. The van der Waals surface area contributed by atoms with Crippen LogP contribution in [-0.4, -0.2) is 35.8 Å². The Hall–Kier alpha value is 0.0200. The van der Waals surface area contributed by atoms with E-state index in [0.717, 1.165) is 6.26 Å². The largest absolute Gasteiger partial charge is 0.306 e. The molecule has 62 valence electrons. The maximum atomic E-state index is 10.2. The van der Waals surface area contributed by atoms with Gasteiger partial charge in [-0.15, -0.1) is 0 Å². The molecule has 0 saturated heterocycles. The fourth-order valence-electron chi connectivity index (χ4n) is 0.257. The van der Waals surface area contributed by atoms with Crippen LogP contribution in [0.4, 0.5) is 0 Å². The molecular weight excluding hydrogens is 180 g/mol. The summed E-state index contributed by atoms with van der Waals surface area (Å²) in [4.78, 5) is 0. The maximum absolute atomic E-state index is 10.2. The lowest BCUT2D eigenvalue weighted by molar-refractivity contribution is 0.342. The summed E-state index contributed by atoms with van der Waals surface area (Å²) >= 11 is -1.99. The highest BCUT2D eigenvalue weighted by atomic mass is 32.2. The van der Waals surface area contributed by atoms with E-state index in [0.29, 0.717) is 0 Å². The Morgan fingerprint density at radius 3 is 2.40 bits per heavy atom. The van der Waals surface area contributed by atoms with Gasteiger partial charge in [0.25, 0.3) is 10.1 Å². The first kappa shape index (κ1) is 10.0. The molecule has 5 nitrogen and oxygen atoms in total. The fourth-order valence-corrected chi connectivity index (χ4v) is 0.974. The zero-order chi connectivity index (χ0) is 8.20. The molecule has 0 spiro atoms. The van der Waals surface area contributed by atoms with Crippen molar-refractivity contribution in [1.29, 1.82) is 0 Å². The molecular formula is C3H8O5S2. The molecule has 0 heterocycles. The molecule has 10 heavy (non-hydrogen) atoms. The molecule has 0 amide bonds. The quantitative estimate of drug-likeness (QED) is 0.460. The fraction of sp³-hybridized carbons (Fsp3) is 1.00. The first-order chi connectivity index (χ1) is 4.42. The van der Waals surface area contributed by atoms with Gasteiger partial charge < -0.3 is 4.55 Å². The van der Waals surface area contributed by atoms with Gasteiger partial charge >= 0.3 is 0 Å². The van der Waals surface area contributed by atoms with Gasteiger partial charge in [-0.1, -0.05) is 0 Å². The molecule has 0 aromatic carbocycles. The lowest BCUT2D eigenvalue weighted by atomic mass is 10.9. The van der Waals surface area contributed by atoms with E-state index in [9.17, 15) is 12.6 Å². The molecule has 0 bridgehead atoms. The van der Waals surface area contributed by atoms with Gasteiger partial charge in [0.05, 0.1) is 18.6 Å². The smallest absolute Gasteiger partial charge is 0.264 e. The van der Waals surface area contributed by atoms with Crippen LogP contribution in [0.1, 0.15) is 0 Å². The number of hydrogen-bond donors (Lipinski definition) is 1. The van der Waals surface area contributed by atoms with Gasteiger partial charge in [0.1, 0.15) is 0 Å². The Labute approximate surface area is 61.8 Å². The molecule has 0 fully saturated rings. The summed E-state index contributed by atoms with van der Waals surface area (Å²) in [5, 5.41) is 0. The van der Waals surface area contributed by atoms with E-state index in [1.54, 1.807) is 0 Å². The van der Waals surface area contributed by atoms with Crippen molar-refractivity contribution in [2.75, 3.05) is 18.6 Å². The first-order valence-corrected chi connectivity index (χ1v) is 5.43. The number of rotatable bonds is 4. The molecule has 0 aliphatic carbocycles. The minimum Gasteiger partial charge on any atom is -0.306 e. The second-order valence-corrected chi connectivity index (χ2v) is 4.25. The average molecular weight is 188 g/mol. The first-order valence-electron chi connectivity index (χ1n) is 2.33. The molecule has 1 atom stereocenters. The van der Waals surface area contributed by atoms with E-state index in [2.05, 4.69) is 4.18 Å². The van der Waals surface area contributed by atoms with Crippen LogP contribution in [-0.2, 0) is 25.4 Å². The van der Waals surface area contributed by atoms with Crippen molar-refractivity contribution in [3.8, 4) is 0 Å². The van der Waals surface area contributed by atoms with Crippen molar-refractivity contribution in [3.63, 3.8) is 0 Å². The van der Waals surface area contributed by atoms with Crippen LogP contribution in [0.3, 0.4) is 0 Å². The summed E-state index contributed by atoms with van der Waals surface area (Å²) in [6.07, 6.45) is 0.882. The molecule has 1 N–H and O–H groups in total. The van der Waals surface area contributed by atoms with Crippen LogP contribution in [0.25, 0.3) is 0 Å². The molecule has 1 unspecified atom stereocenters. The molecule has 0 aliphatic rings. The standard InChI is InChI=1S/C3H8O5S2/c1-10(6,7)8-2-3-9(4)5/h2-3H2,1H3,(H,4,5). The second kappa shape index (κ2) is 4.02. The van der Waals surface area contributed by atoms with Crippen molar-refractivity contribution in [3.05, 3.63) is 0 Å². The Morgan fingerprint density at radius 2 is 2.10 bits per heavy atom. The summed E-state index contributed by atoms with van der Waals surface area (Å²) in [6.45, 7) is -0.248. The van der Waals surface area contributed by atoms with E-state index in [1.807, 2.05) is 0 Å². The maximum Gasteiger partial charge on any atom is 0.264 e. The SMILES string of the molecule is CS(=O)(=O)OCCS(=O)O. The van der Waals surface area contributed by atoms with Gasteiger partial charge in [0, 0.05) is 0 Å². The Bertz CT molecular complexity index is 205. The van der Waals surface area contributed by atoms with Crippen LogP contribution in [0.5, 0.6) is 0 Å². The molecule has 0 aliphatic heterocycles. The number of hydrogen-bond acceptors (Lipinski definition) is 4. The van der Waals surface area contributed by atoms with Crippen LogP contribution >= 0.6 is 0 Å². The minimum absolute atomic E-state index is 0.187. The van der Waals surface area contributed by atoms with Crippen molar-refractivity contribution in [2.45, 2.75) is 0 Å². The monoisotopic (exact) mass is 188 g/mol. The lowest BCUT2D eigenvalue weighted by Crippen LogP contribution is -2.09. The average Bonchev–Trinajstić information content (AvgIpc) is 1.59. The molecule has 7 heteroatoms. The van der Waals surface area contributed by atoms with E-state index >= 15 is 0 Å². The van der Waals surface area contributed by atoms with Crippen LogP contribution in [0.2, 0.25) is 0 Å². The van der Waals surface area contributed by atoms with Crippen LogP contribution < -0.4 is 0 Å². The van der Waals surface area contributed by atoms with Crippen molar-refractivity contribution in [1.82, 2.24) is 0 Å². The topological polar surface area (TPSA) is 80.7 Å². The second-order valence-electron chi connectivity index (χ2n) is 1.55. The van der Waals surface area contributed by atoms with Crippen LogP contribution in [0, 0.1) is 0 Å². The third kappa shape index (κ3) is 8.02. The van der Waals surface area contributed by atoms with E-state index in [4.69, 9.17) is 4.55 Å². The van der Waals surface area contributed by atoms with E-state index < -0.39 is 21.2 Å². The normalized spacial score (nSPS) is 15.0. The predicted molar refractivity (Wildman–Crippen MR) is 36.4 cm³/mol. The van der Waals surface area contributed by atoms with Gasteiger partial charge in [-0.3, -0.25) is 4.18 Å². The molecule has 0 aromatic rings. The molecule has 0 rings (SSSR count). The third-order valence-electron chi connectivity index (χ3n) is 0.555. The molecule has 0 aromatic heterocycles. The van der Waals surface area contributed by atoms with E-state index in [1.165, 1.54) is 0 Å². The summed E-state index contributed by atoms with van der Waals surface area (Å²) < 4.78 is 42.6. The van der Waals surface area contributed by atoms with Crippen molar-refractivity contribution in [2.24, 2.45) is 0 Å². The Morgan fingerprint density at radius 1 is 1.60 bits per heavy atom. The van der Waals surface area contributed by atoms with Gasteiger partial charge in [0.15, 0.2) is 11.1 Å². The van der Waals surface area contributed by atoms with Gasteiger partial charge in [-0.2, -0.15) is 8.42 Å². The molecule has 0 radical (unpaired) electrons. The third-order valence-corrected chi connectivity index (χ3v) is 1.67. The molecule has 0 saturated carbocycles. The zero-order valence-corrected chi connectivity index (χ0v) is 6.94. The van der Waals surface area contributed by atoms with Crippen molar-refractivity contribution < 1.29 is 21.4 Å². The van der Waals surface area contributed by atoms with Gasteiger partial charge in [0.2, 0.25) is 0 Å². The van der Waals surface area contributed by atoms with Crippen molar-refractivity contribution >= 4 is 21.2 Å². The van der Waals surface area contributed by atoms with Gasteiger partial charge in [-0.25, -0.2) is 4.21 Å². The van der Waals surface area contributed by atoms with Crippen LogP contribution in [0.15, 0.2) is 0 Å². The highest BCUT2D eigenvalue weighted by Gasteiger charge is 2.01. The summed E-state index contributed by atoms with van der Waals surface area (Å²) in [5.41, 5.74) is 0. The van der Waals surface area contributed by atoms with Gasteiger partial charge in [-0.05, 0) is 0 Å². The summed E-state index contributed by atoms with van der Waals surface area (Å²) in [5.74, 6) is -0.187.